The average Bonchev–Trinajstić information content (AvgIpc) is 3.02. The third-order valence-corrected chi connectivity index (χ3v) is 3.80. The van der Waals surface area contributed by atoms with Crippen LogP contribution >= 0.6 is 0 Å². The average molecular weight is 324 g/mol. The molecule has 0 spiro atoms. The molecule has 2 N–H and O–H groups in total. The summed E-state index contributed by atoms with van der Waals surface area (Å²) in [6.07, 6.45) is 1.74. The van der Waals surface area contributed by atoms with Crippen LogP contribution in [0.1, 0.15) is 16.1 Å². The van der Waals surface area contributed by atoms with Gasteiger partial charge in [0.15, 0.2) is 0 Å². The van der Waals surface area contributed by atoms with Crippen LogP contribution in [-0.2, 0) is 6.54 Å². The number of carbonyl (C=O) groups is 1. The maximum absolute atomic E-state index is 12.4. The van der Waals surface area contributed by atoms with Gasteiger partial charge >= 0.3 is 0 Å². The van der Waals surface area contributed by atoms with E-state index in [4.69, 9.17) is 4.74 Å². The number of carbonyl (C=O) groups excluding carboxylic acids is 1. The minimum Gasteiger partial charge on any atom is -0.497 e. The Labute approximate surface area is 140 Å². The van der Waals surface area contributed by atoms with Crippen molar-refractivity contribution in [3.8, 4) is 5.75 Å². The van der Waals surface area contributed by atoms with Gasteiger partial charge in [0.25, 0.3) is 5.91 Å². The van der Waals surface area contributed by atoms with E-state index in [1.807, 2.05) is 55.4 Å². The monoisotopic (exact) mass is 324 g/mol. The molecule has 0 aliphatic rings. The van der Waals surface area contributed by atoms with Crippen molar-refractivity contribution in [2.75, 3.05) is 26.1 Å². The number of anilines is 1. The molecule has 124 valence electrons. The van der Waals surface area contributed by atoms with Gasteiger partial charge in [-0.3, -0.25) is 4.79 Å². The molecule has 6 nitrogen and oxygen atoms in total. The Kier molecular flexibility index (Phi) is 4.37. The first kappa shape index (κ1) is 15.9. The number of aromatic amines is 1. The summed E-state index contributed by atoms with van der Waals surface area (Å²) in [4.78, 5) is 21.8. The van der Waals surface area contributed by atoms with Gasteiger partial charge in [-0.2, -0.15) is 0 Å². The number of hydrogen-bond donors (Lipinski definition) is 2. The number of pyridine rings is 1. The number of rotatable bonds is 5. The molecule has 2 heterocycles. The molecule has 0 unspecified atom stereocenters. The van der Waals surface area contributed by atoms with Crippen molar-refractivity contribution in [1.82, 2.24) is 15.3 Å². The molecule has 0 fully saturated rings. The molecule has 0 atom stereocenters. The molecule has 0 aliphatic carbocycles. The van der Waals surface area contributed by atoms with Gasteiger partial charge in [0.2, 0.25) is 0 Å². The van der Waals surface area contributed by atoms with E-state index >= 15 is 0 Å². The SMILES string of the molecule is COc1ccc2cc(C(=O)NCc3cccnc3N(C)C)[nH]c2c1. The number of fused-ring (bicyclic) bond motifs is 1. The lowest BCUT2D eigenvalue weighted by Gasteiger charge is -2.15. The highest BCUT2D eigenvalue weighted by molar-refractivity contribution is 5.98. The van der Waals surface area contributed by atoms with E-state index in [0.717, 1.165) is 28.0 Å². The lowest BCUT2D eigenvalue weighted by molar-refractivity contribution is 0.0947. The Morgan fingerprint density at radius 3 is 2.88 bits per heavy atom. The highest BCUT2D eigenvalue weighted by Gasteiger charge is 2.12. The van der Waals surface area contributed by atoms with Crippen molar-refractivity contribution < 1.29 is 9.53 Å². The van der Waals surface area contributed by atoms with Crippen LogP contribution in [0, 0.1) is 0 Å². The molecule has 1 amide bonds. The summed E-state index contributed by atoms with van der Waals surface area (Å²) >= 11 is 0. The molecule has 24 heavy (non-hydrogen) atoms. The Morgan fingerprint density at radius 1 is 1.29 bits per heavy atom. The number of H-pyrrole nitrogens is 1. The number of ether oxygens (including phenoxy) is 1. The van der Waals surface area contributed by atoms with Gasteiger partial charge in [-0.25, -0.2) is 4.98 Å². The highest BCUT2D eigenvalue weighted by atomic mass is 16.5. The van der Waals surface area contributed by atoms with Crippen molar-refractivity contribution in [3.05, 3.63) is 53.9 Å². The third kappa shape index (κ3) is 3.17. The Balaban J connectivity index is 1.76. The summed E-state index contributed by atoms with van der Waals surface area (Å²) in [6, 6.07) is 11.3. The molecule has 0 aliphatic heterocycles. The lowest BCUT2D eigenvalue weighted by atomic mass is 10.2. The molecule has 0 saturated carbocycles. The van der Waals surface area contributed by atoms with Crippen molar-refractivity contribution in [2.45, 2.75) is 6.54 Å². The maximum atomic E-state index is 12.4. The van der Waals surface area contributed by atoms with E-state index in [-0.39, 0.29) is 5.91 Å². The fraction of sp³-hybridized carbons (Fsp3) is 0.222. The van der Waals surface area contributed by atoms with Crippen LogP contribution in [0.2, 0.25) is 0 Å². The van der Waals surface area contributed by atoms with Gasteiger partial charge in [-0.1, -0.05) is 6.07 Å². The van der Waals surface area contributed by atoms with E-state index in [1.54, 1.807) is 13.3 Å². The lowest BCUT2D eigenvalue weighted by Crippen LogP contribution is -2.24. The molecule has 0 saturated heterocycles. The molecular formula is C18H20N4O2. The van der Waals surface area contributed by atoms with Crippen LogP contribution in [-0.4, -0.2) is 37.1 Å². The topological polar surface area (TPSA) is 70.2 Å². The Hall–Kier alpha value is -3.02. The second-order valence-electron chi connectivity index (χ2n) is 5.70. The summed E-state index contributed by atoms with van der Waals surface area (Å²) in [5.74, 6) is 1.44. The summed E-state index contributed by atoms with van der Waals surface area (Å²) < 4.78 is 5.20. The largest absolute Gasteiger partial charge is 0.497 e. The van der Waals surface area contributed by atoms with Crippen LogP contribution in [0.25, 0.3) is 10.9 Å². The predicted molar refractivity (Wildman–Crippen MR) is 94.6 cm³/mol. The van der Waals surface area contributed by atoms with Gasteiger partial charge in [0, 0.05) is 49.4 Å². The molecule has 0 bridgehead atoms. The number of hydrogen-bond acceptors (Lipinski definition) is 4. The van der Waals surface area contributed by atoms with E-state index in [0.29, 0.717) is 12.2 Å². The van der Waals surface area contributed by atoms with E-state index in [9.17, 15) is 4.79 Å². The standard InChI is InChI=1S/C18H20N4O2/c1-22(2)17-13(5-4-8-19-17)11-20-18(23)16-9-12-6-7-14(24-3)10-15(12)21-16/h4-10,21H,11H2,1-3H3,(H,20,23). The summed E-state index contributed by atoms with van der Waals surface area (Å²) in [7, 11) is 5.48. The van der Waals surface area contributed by atoms with Crippen LogP contribution in [0.15, 0.2) is 42.6 Å². The number of nitrogens with one attached hydrogen (secondary N) is 2. The fourth-order valence-electron chi connectivity index (χ4n) is 2.60. The fourth-order valence-corrected chi connectivity index (χ4v) is 2.60. The number of amides is 1. The third-order valence-electron chi connectivity index (χ3n) is 3.80. The van der Waals surface area contributed by atoms with Crippen LogP contribution < -0.4 is 15.0 Å². The molecule has 3 rings (SSSR count). The van der Waals surface area contributed by atoms with E-state index in [2.05, 4.69) is 15.3 Å². The molecule has 1 aromatic carbocycles. The summed E-state index contributed by atoms with van der Waals surface area (Å²) in [5, 5.41) is 3.90. The van der Waals surface area contributed by atoms with Gasteiger partial charge < -0.3 is 19.9 Å². The minimum atomic E-state index is -0.154. The maximum Gasteiger partial charge on any atom is 0.267 e. The van der Waals surface area contributed by atoms with Crippen LogP contribution in [0.3, 0.4) is 0 Å². The first-order valence-corrected chi connectivity index (χ1v) is 7.64. The smallest absolute Gasteiger partial charge is 0.267 e. The van der Waals surface area contributed by atoms with Gasteiger partial charge in [-0.05, 0) is 24.3 Å². The van der Waals surface area contributed by atoms with Crippen molar-refractivity contribution in [1.29, 1.82) is 0 Å². The van der Waals surface area contributed by atoms with Gasteiger partial charge in [0.1, 0.15) is 17.3 Å². The molecular weight excluding hydrogens is 304 g/mol. The highest BCUT2D eigenvalue weighted by Crippen LogP contribution is 2.21. The van der Waals surface area contributed by atoms with Crippen LogP contribution in [0.4, 0.5) is 5.82 Å². The zero-order valence-corrected chi connectivity index (χ0v) is 14.0. The second kappa shape index (κ2) is 6.62. The second-order valence-corrected chi connectivity index (χ2v) is 5.70. The molecule has 3 aromatic rings. The Morgan fingerprint density at radius 2 is 2.12 bits per heavy atom. The predicted octanol–water partition coefficient (Wildman–Crippen LogP) is 2.57. The molecule has 6 heteroatoms. The number of nitrogens with zero attached hydrogens (tertiary/aromatic N) is 2. The van der Waals surface area contributed by atoms with Crippen molar-refractivity contribution in [3.63, 3.8) is 0 Å². The van der Waals surface area contributed by atoms with E-state index in [1.165, 1.54) is 0 Å². The van der Waals surface area contributed by atoms with Gasteiger partial charge in [-0.15, -0.1) is 0 Å². The zero-order valence-electron chi connectivity index (χ0n) is 14.0. The number of aromatic nitrogens is 2. The quantitative estimate of drug-likeness (QED) is 0.757. The Bertz CT molecular complexity index is 870. The van der Waals surface area contributed by atoms with Crippen molar-refractivity contribution >= 4 is 22.6 Å². The molecule has 2 aromatic heterocycles. The zero-order chi connectivity index (χ0) is 17.1. The van der Waals surface area contributed by atoms with Crippen LogP contribution in [0.5, 0.6) is 5.75 Å². The normalized spacial score (nSPS) is 10.6. The van der Waals surface area contributed by atoms with Gasteiger partial charge in [0.05, 0.1) is 7.11 Å². The minimum absolute atomic E-state index is 0.154. The molecule has 0 radical (unpaired) electrons. The number of benzene rings is 1. The first-order chi connectivity index (χ1) is 11.6. The van der Waals surface area contributed by atoms with Crippen molar-refractivity contribution in [2.24, 2.45) is 0 Å². The van der Waals surface area contributed by atoms with E-state index < -0.39 is 0 Å². The summed E-state index contributed by atoms with van der Waals surface area (Å²) in [6.45, 7) is 0.416. The first-order valence-electron chi connectivity index (χ1n) is 7.64. The summed E-state index contributed by atoms with van der Waals surface area (Å²) in [5.41, 5.74) is 2.36. The number of methoxy groups -OCH3 is 1.